The molecule has 162 valence electrons. The molecule has 0 atom stereocenters. The van der Waals surface area contributed by atoms with Crippen molar-refractivity contribution in [3.8, 4) is 11.1 Å². The van der Waals surface area contributed by atoms with Gasteiger partial charge in [0.05, 0.1) is 12.9 Å². The van der Waals surface area contributed by atoms with E-state index in [0.717, 1.165) is 41.3 Å². The first-order valence-corrected chi connectivity index (χ1v) is 11.9. The minimum atomic E-state index is -3.29. The Hall–Kier alpha value is -2.80. The number of hydrogen-bond donors (Lipinski definition) is 2. The number of sulfonamides is 1. The van der Waals surface area contributed by atoms with Crippen LogP contribution in [0.1, 0.15) is 38.4 Å². The number of aromatic nitrogens is 1. The smallest absolute Gasteiger partial charge is 0.302 e. The van der Waals surface area contributed by atoms with Crippen LogP contribution < -0.4 is 4.72 Å². The number of aromatic amines is 1. The van der Waals surface area contributed by atoms with Crippen LogP contribution in [0.2, 0.25) is 0 Å². The second kappa shape index (κ2) is 10.3. The van der Waals surface area contributed by atoms with Crippen molar-refractivity contribution in [3.63, 3.8) is 0 Å². The molecule has 0 aliphatic rings. The first kappa shape index (κ1) is 23.5. The van der Waals surface area contributed by atoms with Crippen LogP contribution in [0.15, 0.2) is 42.5 Å². The van der Waals surface area contributed by atoms with Gasteiger partial charge in [0.25, 0.3) is 0 Å². The molecule has 0 radical (unpaired) electrons. The van der Waals surface area contributed by atoms with Gasteiger partial charge in [-0.25, -0.2) is 8.42 Å². The molecule has 1 heterocycles. The van der Waals surface area contributed by atoms with Gasteiger partial charge in [0.2, 0.25) is 10.0 Å². The third-order valence-corrected chi connectivity index (χ3v) is 5.05. The summed E-state index contributed by atoms with van der Waals surface area (Å²) in [6.45, 7) is 7.88. The third kappa shape index (κ3) is 6.35. The molecule has 0 saturated heterocycles. The molecule has 3 rings (SSSR count). The van der Waals surface area contributed by atoms with Crippen LogP contribution in [0.25, 0.3) is 22.0 Å². The summed E-state index contributed by atoms with van der Waals surface area (Å²) < 4.78 is 30.0. The number of aryl methyl sites for hydroxylation is 2. The van der Waals surface area contributed by atoms with E-state index in [2.05, 4.69) is 46.5 Å². The SMILES string of the molecule is CCCc1ccccc1-c1c(C)[nH]c2ccc(NS(C)(=O)=O)cc12.CCOC(C)=O. The predicted octanol–water partition coefficient (Wildman–Crippen LogP) is 5.04. The van der Waals surface area contributed by atoms with Crippen molar-refractivity contribution in [1.82, 2.24) is 4.98 Å². The van der Waals surface area contributed by atoms with E-state index in [1.807, 2.05) is 18.2 Å². The van der Waals surface area contributed by atoms with Gasteiger partial charge in [-0.05, 0) is 49.6 Å². The van der Waals surface area contributed by atoms with Crippen LogP contribution in [-0.4, -0.2) is 32.2 Å². The zero-order chi connectivity index (χ0) is 22.3. The van der Waals surface area contributed by atoms with Crippen LogP contribution in [0, 0.1) is 6.92 Å². The van der Waals surface area contributed by atoms with Crippen LogP contribution in [0.5, 0.6) is 0 Å². The molecule has 2 N–H and O–H groups in total. The van der Waals surface area contributed by atoms with Crippen LogP contribution >= 0.6 is 0 Å². The van der Waals surface area contributed by atoms with Crippen molar-refractivity contribution in [2.75, 3.05) is 17.6 Å². The van der Waals surface area contributed by atoms with Crippen molar-refractivity contribution in [3.05, 3.63) is 53.7 Å². The number of fused-ring (bicyclic) bond motifs is 1. The van der Waals surface area contributed by atoms with Gasteiger partial charge in [0.15, 0.2) is 0 Å². The summed E-state index contributed by atoms with van der Waals surface area (Å²) in [6.07, 6.45) is 3.26. The molecular weight excluding hydrogens is 400 g/mol. The number of carbonyl (C=O) groups is 1. The van der Waals surface area contributed by atoms with Crippen LogP contribution in [0.4, 0.5) is 5.69 Å². The quantitative estimate of drug-likeness (QED) is 0.537. The highest BCUT2D eigenvalue weighted by Crippen LogP contribution is 2.36. The molecule has 2 aromatic carbocycles. The first-order chi connectivity index (χ1) is 14.2. The van der Waals surface area contributed by atoms with Gasteiger partial charge in [0, 0.05) is 34.8 Å². The van der Waals surface area contributed by atoms with E-state index in [-0.39, 0.29) is 5.97 Å². The molecule has 30 heavy (non-hydrogen) atoms. The molecule has 0 bridgehead atoms. The largest absolute Gasteiger partial charge is 0.466 e. The van der Waals surface area contributed by atoms with Gasteiger partial charge in [-0.15, -0.1) is 0 Å². The number of rotatable bonds is 6. The van der Waals surface area contributed by atoms with Crippen molar-refractivity contribution in [2.45, 2.75) is 40.5 Å². The summed E-state index contributed by atoms with van der Waals surface area (Å²) in [5, 5.41) is 1.03. The standard InChI is InChI=1S/C19H22N2O2S.C4H8O2/c1-4-7-14-8-5-6-9-16(14)19-13(2)20-18-11-10-15(12-17(18)19)21-24(3,22)23;1-3-6-4(2)5/h5-6,8-12,20-21H,4,7H2,1-3H3;3H2,1-2H3. The van der Waals surface area contributed by atoms with E-state index in [9.17, 15) is 13.2 Å². The molecule has 0 amide bonds. The zero-order valence-corrected chi connectivity index (χ0v) is 19.0. The lowest BCUT2D eigenvalue weighted by Gasteiger charge is -2.10. The molecule has 3 aromatic rings. The lowest BCUT2D eigenvalue weighted by Crippen LogP contribution is -2.09. The summed E-state index contributed by atoms with van der Waals surface area (Å²) >= 11 is 0. The van der Waals surface area contributed by atoms with Gasteiger partial charge in [-0.1, -0.05) is 37.6 Å². The highest BCUT2D eigenvalue weighted by molar-refractivity contribution is 7.92. The zero-order valence-electron chi connectivity index (χ0n) is 18.2. The number of anilines is 1. The monoisotopic (exact) mass is 430 g/mol. The predicted molar refractivity (Wildman–Crippen MR) is 123 cm³/mol. The van der Waals surface area contributed by atoms with Crippen molar-refractivity contribution in [2.24, 2.45) is 0 Å². The second-order valence-corrected chi connectivity index (χ2v) is 8.84. The van der Waals surface area contributed by atoms with Crippen molar-refractivity contribution in [1.29, 1.82) is 0 Å². The highest BCUT2D eigenvalue weighted by Gasteiger charge is 2.14. The average Bonchev–Trinajstić information content (AvgIpc) is 2.97. The topological polar surface area (TPSA) is 88.3 Å². The number of esters is 1. The Balaban J connectivity index is 0.000000469. The van der Waals surface area contributed by atoms with E-state index >= 15 is 0 Å². The molecular formula is C23H30N2O4S. The summed E-state index contributed by atoms with van der Waals surface area (Å²) in [7, 11) is -3.29. The summed E-state index contributed by atoms with van der Waals surface area (Å²) in [5.41, 5.74) is 6.34. The summed E-state index contributed by atoms with van der Waals surface area (Å²) in [6, 6.07) is 14.0. The van der Waals surface area contributed by atoms with Gasteiger partial charge in [-0.2, -0.15) is 0 Å². The molecule has 0 aliphatic heterocycles. The Labute approximate surface area is 178 Å². The molecule has 0 spiro atoms. The van der Waals surface area contributed by atoms with E-state index in [1.54, 1.807) is 13.0 Å². The molecule has 0 unspecified atom stereocenters. The third-order valence-electron chi connectivity index (χ3n) is 4.44. The molecule has 7 heteroatoms. The molecule has 0 fully saturated rings. The van der Waals surface area contributed by atoms with Gasteiger partial charge in [-0.3, -0.25) is 9.52 Å². The minimum absolute atomic E-state index is 0.211. The maximum Gasteiger partial charge on any atom is 0.302 e. The normalized spacial score (nSPS) is 11.0. The van der Waals surface area contributed by atoms with Gasteiger partial charge in [0.1, 0.15) is 0 Å². The second-order valence-electron chi connectivity index (χ2n) is 7.09. The maximum atomic E-state index is 11.5. The van der Waals surface area contributed by atoms with Crippen molar-refractivity contribution >= 4 is 32.6 Å². The van der Waals surface area contributed by atoms with E-state index in [1.165, 1.54) is 18.1 Å². The van der Waals surface area contributed by atoms with E-state index < -0.39 is 10.0 Å². The first-order valence-electron chi connectivity index (χ1n) is 9.98. The lowest BCUT2D eigenvalue weighted by molar-refractivity contribution is -0.140. The number of carbonyl (C=O) groups excluding carboxylic acids is 1. The average molecular weight is 431 g/mol. The highest BCUT2D eigenvalue weighted by atomic mass is 32.2. The van der Waals surface area contributed by atoms with E-state index in [4.69, 9.17) is 0 Å². The van der Waals surface area contributed by atoms with Crippen LogP contribution in [-0.2, 0) is 26.0 Å². The Bertz CT molecular complexity index is 1120. The molecule has 0 saturated carbocycles. The molecule has 0 aliphatic carbocycles. The van der Waals surface area contributed by atoms with Gasteiger partial charge >= 0.3 is 5.97 Å². The fourth-order valence-electron chi connectivity index (χ4n) is 3.41. The fourth-order valence-corrected chi connectivity index (χ4v) is 3.96. The summed E-state index contributed by atoms with van der Waals surface area (Å²) in [5.74, 6) is -0.211. The van der Waals surface area contributed by atoms with Crippen LogP contribution in [0.3, 0.4) is 0 Å². The number of ether oxygens (including phenoxy) is 1. The molecule has 1 aromatic heterocycles. The minimum Gasteiger partial charge on any atom is -0.466 e. The van der Waals surface area contributed by atoms with Crippen molar-refractivity contribution < 1.29 is 17.9 Å². The fraction of sp³-hybridized carbons (Fsp3) is 0.348. The maximum absolute atomic E-state index is 11.5. The number of H-pyrrole nitrogens is 1. The number of hydrogen-bond acceptors (Lipinski definition) is 4. The summed E-state index contributed by atoms with van der Waals surface area (Å²) in [4.78, 5) is 13.2. The Morgan fingerprint density at radius 2 is 1.83 bits per heavy atom. The Kier molecular flexibility index (Phi) is 8.06. The number of nitrogens with one attached hydrogen (secondary N) is 2. The number of benzene rings is 2. The lowest BCUT2D eigenvalue weighted by atomic mass is 9.95. The van der Waals surface area contributed by atoms with Gasteiger partial charge < -0.3 is 9.72 Å². The molecule has 6 nitrogen and oxygen atoms in total. The Morgan fingerprint density at radius 3 is 2.40 bits per heavy atom. The van der Waals surface area contributed by atoms with E-state index in [0.29, 0.717) is 12.3 Å². The Morgan fingerprint density at radius 1 is 1.13 bits per heavy atom.